The van der Waals surface area contributed by atoms with Crippen molar-refractivity contribution < 1.29 is 9.26 Å². The van der Waals surface area contributed by atoms with Gasteiger partial charge in [-0.25, -0.2) is 0 Å². The molecule has 3 aromatic rings. The molecule has 4 rings (SSSR count). The van der Waals surface area contributed by atoms with Crippen molar-refractivity contribution in [3.8, 4) is 17.0 Å². The summed E-state index contributed by atoms with van der Waals surface area (Å²) in [6.07, 6.45) is 2.16. The first-order valence-corrected chi connectivity index (χ1v) is 10.1. The summed E-state index contributed by atoms with van der Waals surface area (Å²) in [5.41, 5.74) is 3.97. The second-order valence-electron chi connectivity index (χ2n) is 6.96. The van der Waals surface area contributed by atoms with Crippen molar-refractivity contribution in [1.82, 2.24) is 5.16 Å². The predicted octanol–water partition coefficient (Wildman–Crippen LogP) is 7.79. The van der Waals surface area contributed by atoms with Crippen LogP contribution in [-0.4, -0.2) is 5.16 Å². The van der Waals surface area contributed by atoms with Crippen molar-refractivity contribution in [2.24, 2.45) is 0 Å². The molecule has 0 radical (unpaired) electrons. The van der Waals surface area contributed by atoms with Gasteiger partial charge in [0.15, 0.2) is 0 Å². The minimum atomic E-state index is 0.287. The fourth-order valence-electron chi connectivity index (χ4n) is 3.14. The van der Waals surface area contributed by atoms with Crippen LogP contribution in [-0.2, 0) is 6.61 Å². The summed E-state index contributed by atoms with van der Waals surface area (Å²) in [6.45, 7) is 6.13. The van der Waals surface area contributed by atoms with E-state index in [-0.39, 0.29) is 6.61 Å². The molecule has 0 N–H and O–H groups in total. The smallest absolute Gasteiger partial charge is 0.147 e. The zero-order valence-corrected chi connectivity index (χ0v) is 17.5. The Morgan fingerprint density at radius 1 is 1.14 bits per heavy atom. The first kappa shape index (κ1) is 19.4. The molecule has 1 aliphatic carbocycles. The molecule has 28 heavy (non-hydrogen) atoms. The summed E-state index contributed by atoms with van der Waals surface area (Å²) >= 11 is 19.1. The molecule has 0 spiro atoms. The predicted molar refractivity (Wildman–Crippen MR) is 114 cm³/mol. The van der Waals surface area contributed by atoms with Crippen molar-refractivity contribution in [1.29, 1.82) is 0 Å². The minimum Gasteiger partial charge on any atom is -0.489 e. The van der Waals surface area contributed by atoms with Gasteiger partial charge in [0.1, 0.15) is 23.8 Å². The third kappa shape index (κ3) is 3.80. The van der Waals surface area contributed by atoms with E-state index in [0.29, 0.717) is 38.0 Å². The quantitative estimate of drug-likeness (QED) is 0.397. The van der Waals surface area contributed by atoms with Crippen LogP contribution in [0.1, 0.15) is 42.6 Å². The number of allylic oxidation sites excluding steroid dienone is 1. The molecule has 0 aliphatic heterocycles. The highest BCUT2D eigenvalue weighted by atomic mass is 35.5. The summed E-state index contributed by atoms with van der Waals surface area (Å²) in [4.78, 5) is 0. The van der Waals surface area contributed by atoms with Crippen LogP contribution in [0, 0.1) is 0 Å². The largest absolute Gasteiger partial charge is 0.489 e. The van der Waals surface area contributed by atoms with Gasteiger partial charge in [0, 0.05) is 11.5 Å². The van der Waals surface area contributed by atoms with Gasteiger partial charge >= 0.3 is 0 Å². The van der Waals surface area contributed by atoms with Gasteiger partial charge in [-0.2, -0.15) is 0 Å². The van der Waals surface area contributed by atoms with E-state index in [1.807, 2.05) is 19.1 Å². The highest BCUT2D eigenvalue weighted by molar-refractivity contribution is 6.39. The zero-order chi connectivity index (χ0) is 19.8. The van der Waals surface area contributed by atoms with E-state index >= 15 is 0 Å². The summed E-state index contributed by atoms with van der Waals surface area (Å²) in [7, 11) is 0. The Hall–Kier alpha value is -1.94. The topological polar surface area (TPSA) is 35.3 Å². The van der Waals surface area contributed by atoms with Gasteiger partial charge < -0.3 is 9.26 Å². The summed E-state index contributed by atoms with van der Waals surface area (Å²) < 4.78 is 11.7. The second kappa shape index (κ2) is 7.82. The molecular weight excluding hydrogens is 417 g/mol. The molecule has 1 heterocycles. The number of ether oxygens (including phenoxy) is 1. The Bertz CT molecular complexity index is 1030. The molecule has 0 saturated heterocycles. The van der Waals surface area contributed by atoms with E-state index in [2.05, 4.69) is 11.7 Å². The average molecular weight is 435 g/mol. The molecule has 0 amide bonds. The highest BCUT2D eigenvalue weighted by Crippen LogP contribution is 2.46. The molecule has 1 saturated carbocycles. The van der Waals surface area contributed by atoms with Crippen molar-refractivity contribution in [2.75, 3.05) is 0 Å². The van der Waals surface area contributed by atoms with Crippen LogP contribution in [0.5, 0.6) is 5.75 Å². The van der Waals surface area contributed by atoms with E-state index in [1.54, 1.807) is 24.3 Å². The number of benzene rings is 2. The molecule has 1 aliphatic rings. The first-order valence-electron chi connectivity index (χ1n) is 8.96. The molecular formula is C22H18Cl3NO2. The van der Waals surface area contributed by atoms with E-state index < -0.39 is 0 Å². The molecule has 0 atom stereocenters. The van der Waals surface area contributed by atoms with Crippen LogP contribution in [0.15, 0.2) is 47.5 Å². The van der Waals surface area contributed by atoms with E-state index in [0.717, 1.165) is 35.3 Å². The van der Waals surface area contributed by atoms with Gasteiger partial charge in [-0.1, -0.05) is 52.6 Å². The van der Waals surface area contributed by atoms with Crippen LogP contribution in [0.25, 0.3) is 16.8 Å². The SMILES string of the molecule is C=C(C)c1ccc(OCc2c(-c3c(Cl)cccc3Cl)noc2C2CC2)cc1Cl. The lowest BCUT2D eigenvalue weighted by Crippen LogP contribution is -2.00. The number of rotatable bonds is 6. The van der Waals surface area contributed by atoms with Crippen molar-refractivity contribution in [2.45, 2.75) is 32.3 Å². The zero-order valence-electron chi connectivity index (χ0n) is 15.3. The number of nitrogens with zero attached hydrogens (tertiary/aromatic N) is 1. The van der Waals surface area contributed by atoms with Gasteiger partial charge in [-0.05, 0) is 61.2 Å². The van der Waals surface area contributed by atoms with Gasteiger partial charge in [0.2, 0.25) is 0 Å². The second-order valence-corrected chi connectivity index (χ2v) is 8.18. The monoisotopic (exact) mass is 433 g/mol. The maximum Gasteiger partial charge on any atom is 0.147 e. The normalized spacial score (nSPS) is 13.6. The molecule has 2 aromatic carbocycles. The standard InChI is InChI=1S/C22H18Cl3NO2/c1-12(2)15-9-8-14(10-19(15)25)27-11-16-21(26-28-22(16)13-6-7-13)20-17(23)4-3-5-18(20)24/h3-5,8-10,13H,1,6-7,11H2,2H3. The fraction of sp³-hybridized carbons (Fsp3) is 0.227. The number of halogens is 3. The van der Waals surface area contributed by atoms with Gasteiger partial charge in [-0.3, -0.25) is 0 Å². The molecule has 0 bridgehead atoms. The Labute approximate surface area is 178 Å². The number of hydrogen-bond acceptors (Lipinski definition) is 3. The highest BCUT2D eigenvalue weighted by Gasteiger charge is 2.33. The summed E-state index contributed by atoms with van der Waals surface area (Å²) in [5, 5.41) is 5.93. The van der Waals surface area contributed by atoms with Crippen molar-refractivity contribution >= 4 is 40.4 Å². The van der Waals surface area contributed by atoms with Crippen LogP contribution >= 0.6 is 34.8 Å². The molecule has 1 fully saturated rings. The van der Waals surface area contributed by atoms with Gasteiger partial charge in [0.25, 0.3) is 0 Å². The molecule has 0 unspecified atom stereocenters. The van der Waals surface area contributed by atoms with Crippen molar-refractivity contribution in [3.05, 3.63) is 74.9 Å². The maximum atomic E-state index is 6.39. The van der Waals surface area contributed by atoms with Crippen molar-refractivity contribution in [3.63, 3.8) is 0 Å². The third-order valence-electron chi connectivity index (χ3n) is 4.75. The molecule has 6 heteroatoms. The fourth-order valence-corrected chi connectivity index (χ4v) is 4.04. The van der Waals surface area contributed by atoms with Gasteiger partial charge in [-0.15, -0.1) is 0 Å². The Morgan fingerprint density at radius 2 is 1.86 bits per heavy atom. The number of aromatic nitrogens is 1. The van der Waals surface area contributed by atoms with Gasteiger partial charge in [0.05, 0.1) is 20.6 Å². The van der Waals surface area contributed by atoms with E-state index in [4.69, 9.17) is 44.1 Å². The number of hydrogen-bond donors (Lipinski definition) is 0. The molecule has 144 valence electrons. The first-order chi connectivity index (χ1) is 13.5. The molecule has 1 aromatic heterocycles. The lowest BCUT2D eigenvalue weighted by molar-refractivity contribution is 0.300. The minimum absolute atomic E-state index is 0.287. The summed E-state index contributed by atoms with van der Waals surface area (Å²) in [5.74, 6) is 1.88. The van der Waals surface area contributed by atoms with Crippen LogP contribution in [0.3, 0.4) is 0 Å². The van der Waals surface area contributed by atoms with E-state index in [9.17, 15) is 0 Å². The van der Waals surface area contributed by atoms with Crippen LogP contribution in [0.4, 0.5) is 0 Å². The lowest BCUT2D eigenvalue weighted by atomic mass is 10.0. The Kier molecular flexibility index (Phi) is 5.42. The average Bonchev–Trinajstić information content (AvgIpc) is 3.40. The Morgan fingerprint density at radius 3 is 2.46 bits per heavy atom. The summed E-state index contributed by atoms with van der Waals surface area (Å²) in [6, 6.07) is 10.9. The van der Waals surface area contributed by atoms with E-state index in [1.165, 1.54) is 0 Å². The van der Waals surface area contributed by atoms with Crippen LogP contribution < -0.4 is 4.74 Å². The lowest BCUT2D eigenvalue weighted by Gasteiger charge is -2.11. The third-order valence-corrected chi connectivity index (χ3v) is 5.69. The Balaban J connectivity index is 1.67. The van der Waals surface area contributed by atoms with Crippen LogP contribution in [0.2, 0.25) is 15.1 Å². The molecule has 3 nitrogen and oxygen atoms in total. The maximum absolute atomic E-state index is 6.39.